The lowest BCUT2D eigenvalue weighted by Crippen LogP contribution is -2.19. The molecule has 0 aliphatic rings. The zero-order valence-corrected chi connectivity index (χ0v) is 9.25. The maximum absolute atomic E-state index is 9.22. The van der Waals surface area contributed by atoms with Gasteiger partial charge >= 0.3 is 0 Å². The first-order valence-corrected chi connectivity index (χ1v) is 5.28. The smallest absolute Gasteiger partial charge is 0.0485 e. The van der Waals surface area contributed by atoms with Crippen molar-refractivity contribution >= 4 is 10.9 Å². The maximum atomic E-state index is 9.22. The molecule has 0 amide bonds. The van der Waals surface area contributed by atoms with Crippen molar-refractivity contribution in [3.8, 4) is 0 Å². The number of aromatic amines is 1. The first-order valence-electron chi connectivity index (χ1n) is 5.28. The van der Waals surface area contributed by atoms with Gasteiger partial charge in [-0.2, -0.15) is 0 Å². The highest BCUT2D eigenvalue weighted by Crippen LogP contribution is 2.23. The second-order valence-corrected chi connectivity index (χ2v) is 4.88. The van der Waals surface area contributed by atoms with Gasteiger partial charge in [0.1, 0.15) is 0 Å². The molecule has 0 spiro atoms. The van der Waals surface area contributed by atoms with Gasteiger partial charge in [0.2, 0.25) is 0 Å². The largest absolute Gasteiger partial charge is 0.396 e. The number of nitrogens with one attached hydrogen (secondary N) is 1. The first-order chi connectivity index (χ1) is 7.11. The minimum Gasteiger partial charge on any atom is -0.396 e. The summed E-state index contributed by atoms with van der Waals surface area (Å²) in [6, 6.07) is 10.4. The maximum Gasteiger partial charge on any atom is 0.0485 e. The molecule has 80 valence electrons. The fourth-order valence-corrected chi connectivity index (χ4v) is 1.80. The Balaban J connectivity index is 2.30. The third-order valence-electron chi connectivity index (χ3n) is 2.68. The van der Waals surface area contributed by atoms with Crippen LogP contribution in [0.25, 0.3) is 10.9 Å². The highest BCUT2D eigenvalue weighted by molar-refractivity contribution is 5.80. The molecule has 0 fully saturated rings. The first kappa shape index (κ1) is 10.2. The van der Waals surface area contributed by atoms with Crippen LogP contribution in [0.1, 0.15) is 19.5 Å². The summed E-state index contributed by atoms with van der Waals surface area (Å²) in [5, 5.41) is 10.5. The van der Waals surface area contributed by atoms with Gasteiger partial charge in [-0.3, -0.25) is 0 Å². The van der Waals surface area contributed by atoms with Crippen LogP contribution in [-0.2, 0) is 6.42 Å². The summed E-state index contributed by atoms with van der Waals surface area (Å²) in [5.74, 6) is 0. The van der Waals surface area contributed by atoms with Crippen molar-refractivity contribution in [3.05, 3.63) is 36.0 Å². The summed E-state index contributed by atoms with van der Waals surface area (Å²) < 4.78 is 0. The average Bonchev–Trinajstić information content (AvgIpc) is 2.58. The highest BCUT2D eigenvalue weighted by atomic mass is 16.3. The molecule has 0 aliphatic carbocycles. The van der Waals surface area contributed by atoms with E-state index >= 15 is 0 Å². The number of hydrogen-bond donors (Lipinski definition) is 2. The Morgan fingerprint density at radius 3 is 2.67 bits per heavy atom. The van der Waals surface area contributed by atoms with E-state index in [4.69, 9.17) is 0 Å². The third kappa shape index (κ3) is 2.21. The zero-order valence-electron chi connectivity index (χ0n) is 9.25. The molecule has 0 bridgehead atoms. The van der Waals surface area contributed by atoms with Crippen molar-refractivity contribution in [2.75, 3.05) is 6.61 Å². The van der Waals surface area contributed by atoms with Gasteiger partial charge in [-0.05, 0) is 29.4 Å². The van der Waals surface area contributed by atoms with E-state index < -0.39 is 0 Å². The van der Waals surface area contributed by atoms with Crippen LogP contribution in [0.15, 0.2) is 30.3 Å². The molecule has 1 heterocycles. The molecule has 2 N–H and O–H groups in total. The standard InChI is InChI=1S/C13H17NO/c1-13(2,9-15)8-11-7-10-5-3-4-6-12(10)14-11/h3-7,14-15H,8-9H2,1-2H3. The van der Waals surface area contributed by atoms with E-state index in [1.807, 2.05) is 12.1 Å². The summed E-state index contributed by atoms with van der Waals surface area (Å²) in [5.41, 5.74) is 2.30. The molecule has 0 unspecified atom stereocenters. The van der Waals surface area contributed by atoms with Crippen LogP contribution in [0.3, 0.4) is 0 Å². The van der Waals surface area contributed by atoms with Crippen LogP contribution in [0.2, 0.25) is 0 Å². The Morgan fingerprint density at radius 1 is 1.27 bits per heavy atom. The van der Waals surface area contributed by atoms with Gasteiger partial charge in [-0.1, -0.05) is 32.0 Å². The van der Waals surface area contributed by atoms with Crippen LogP contribution >= 0.6 is 0 Å². The molecule has 0 radical (unpaired) electrons. The van der Waals surface area contributed by atoms with Crippen LogP contribution in [0.5, 0.6) is 0 Å². The lowest BCUT2D eigenvalue weighted by Gasteiger charge is -2.20. The fourth-order valence-electron chi connectivity index (χ4n) is 1.80. The van der Waals surface area contributed by atoms with Gasteiger partial charge in [0.15, 0.2) is 0 Å². The van der Waals surface area contributed by atoms with E-state index in [0.29, 0.717) is 0 Å². The molecule has 2 nitrogen and oxygen atoms in total. The Bertz CT molecular complexity index is 423. The highest BCUT2D eigenvalue weighted by Gasteiger charge is 2.18. The molecular weight excluding hydrogens is 186 g/mol. The third-order valence-corrected chi connectivity index (χ3v) is 2.68. The lowest BCUT2D eigenvalue weighted by molar-refractivity contribution is 0.159. The van der Waals surface area contributed by atoms with Gasteiger partial charge in [-0.25, -0.2) is 0 Å². The average molecular weight is 203 g/mol. The molecule has 0 aliphatic heterocycles. The summed E-state index contributed by atoms with van der Waals surface area (Å²) in [6.45, 7) is 4.35. The summed E-state index contributed by atoms with van der Waals surface area (Å²) >= 11 is 0. The van der Waals surface area contributed by atoms with Crippen LogP contribution in [0.4, 0.5) is 0 Å². The number of aliphatic hydroxyl groups excluding tert-OH is 1. The minimum absolute atomic E-state index is 0.0547. The summed E-state index contributed by atoms with van der Waals surface area (Å²) in [6.07, 6.45) is 0.873. The number of aromatic nitrogens is 1. The number of benzene rings is 1. The Kier molecular flexibility index (Phi) is 2.53. The quantitative estimate of drug-likeness (QED) is 0.790. The molecule has 2 aromatic rings. The van der Waals surface area contributed by atoms with Crippen molar-refractivity contribution in [1.82, 2.24) is 4.98 Å². The molecular formula is C13H17NO. The molecule has 1 aromatic heterocycles. The Labute approximate surface area is 89.9 Å². The van der Waals surface area contributed by atoms with Crippen molar-refractivity contribution in [3.63, 3.8) is 0 Å². The van der Waals surface area contributed by atoms with Crippen molar-refractivity contribution in [2.24, 2.45) is 5.41 Å². The lowest BCUT2D eigenvalue weighted by atomic mass is 9.89. The SMILES string of the molecule is CC(C)(CO)Cc1cc2ccccc2[nH]1. The molecule has 0 saturated carbocycles. The van der Waals surface area contributed by atoms with Gasteiger partial charge in [-0.15, -0.1) is 0 Å². The normalized spacial score (nSPS) is 12.2. The summed E-state index contributed by atoms with van der Waals surface area (Å²) in [4.78, 5) is 3.37. The number of fused-ring (bicyclic) bond motifs is 1. The second kappa shape index (κ2) is 3.70. The summed E-state index contributed by atoms with van der Waals surface area (Å²) in [7, 11) is 0. The number of hydrogen-bond acceptors (Lipinski definition) is 1. The van der Waals surface area contributed by atoms with E-state index in [0.717, 1.165) is 6.42 Å². The molecule has 1 aromatic carbocycles. The van der Waals surface area contributed by atoms with E-state index in [-0.39, 0.29) is 12.0 Å². The Hall–Kier alpha value is -1.28. The van der Waals surface area contributed by atoms with Crippen molar-refractivity contribution in [1.29, 1.82) is 0 Å². The molecule has 15 heavy (non-hydrogen) atoms. The zero-order chi connectivity index (χ0) is 10.9. The van der Waals surface area contributed by atoms with Crippen LogP contribution < -0.4 is 0 Å². The topological polar surface area (TPSA) is 36.0 Å². The van der Waals surface area contributed by atoms with E-state index in [9.17, 15) is 5.11 Å². The predicted octanol–water partition coefficient (Wildman–Crippen LogP) is 2.73. The van der Waals surface area contributed by atoms with E-state index in [1.165, 1.54) is 16.6 Å². The van der Waals surface area contributed by atoms with Crippen LogP contribution in [0, 0.1) is 5.41 Å². The second-order valence-electron chi connectivity index (χ2n) is 4.88. The van der Waals surface area contributed by atoms with Gasteiger partial charge in [0, 0.05) is 17.8 Å². The van der Waals surface area contributed by atoms with Crippen molar-refractivity contribution < 1.29 is 5.11 Å². The number of rotatable bonds is 3. The number of para-hydroxylation sites is 1. The number of H-pyrrole nitrogens is 1. The molecule has 2 rings (SSSR count). The molecule has 2 heteroatoms. The van der Waals surface area contributed by atoms with Gasteiger partial charge < -0.3 is 10.1 Å². The van der Waals surface area contributed by atoms with Crippen molar-refractivity contribution in [2.45, 2.75) is 20.3 Å². The number of aliphatic hydroxyl groups is 1. The molecule has 0 saturated heterocycles. The van der Waals surface area contributed by atoms with Gasteiger partial charge in [0.25, 0.3) is 0 Å². The Morgan fingerprint density at radius 2 is 2.00 bits per heavy atom. The van der Waals surface area contributed by atoms with Gasteiger partial charge in [0.05, 0.1) is 0 Å². The van der Waals surface area contributed by atoms with E-state index in [1.54, 1.807) is 0 Å². The minimum atomic E-state index is -0.0547. The fraction of sp³-hybridized carbons (Fsp3) is 0.385. The molecule has 0 atom stereocenters. The van der Waals surface area contributed by atoms with Crippen LogP contribution in [-0.4, -0.2) is 16.7 Å². The predicted molar refractivity (Wildman–Crippen MR) is 62.9 cm³/mol. The monoisotopic (exact) mass is 203 g/mol. The van der Waals surface area contributed by atoms with E-state index in [2.05, 4.69) is 37.0 Å².